The summed E-state index contributed by atoms with van der Waals surface area (Å²) < 4.78 is 12.1. The molecule has 3 atom stereocenters. The maximum Gasteiger partial charge on any atom is 0.251 e. The standard InChI is InChI=1S/C41H50N8O7/c1-24-19-28(27-5-4-6-27)8-10-30(24)39(52)46-23-36(50)49(3)37-29-9-12-35(56-18-15-44)32(22-29)31-20-26(7-11-34(31)55-17-14-43)21-33(40(53)45-16-13-42)48-38(51)25(2)47-41(37)54/h7-12,19-20,22,25,27,33,37H,4-6,14-18,21,23,43-44H2,1-3H3,(H,45,53)(H,46,52)(H,47,54)(H,48,51)/t25-,33-,37-/m0/s1. The van der Waals surface area contributed by atoms with E-state index >= 15 is 0 Å². The van der Waals surface area contributed by atoms with Gasteiger partial charge in [0.05, 0.1) is 12.6 Å². The molecule has 3 aromatic carbocycles. The van der Waals surface area contributed by atoms with Gasteiger partial charge in [-0.2, -0.15) is 5.26 Å². The van der Waals surface area contributed by atoms with Crippen molar-refractivity contribution >= 4 is 29.5 Å². The summed E-state index contributed by atoms with van der Waals surface area (Å²) in [6.07, 6.45) is 3.49. The van der Waals surface area contributed by atoms with E-state index < -0.39 is 54.2 Å². The summed E-state index contributed by atoms with van der Waals surface area (Å²) in [4.78, 5) is 69.3. The fraction of sp³-hybridized carbons (Fsp3) is 0.415. The van der Waals surface area contributed by atoms with E-state index in [0.717, 1.165) is 18.4 Å². The van der Waals surface area contributed by atoms with Gasteiger partial charge in [-0.15, -0.1) is 0 Å². The Bertz CT molecular complexity index is 1990. The van der Waals surface area contributed by atoms with E-state index in [9.17, 15) is 24.0 Å². The summed E-state index contributed by atoms with van der Waals surface area (Å²) in [6.45, 7) is 3.41. The highest BCUT2D eigenvalue weighted by Gasteiger charge is 2.33. The second-order valence-corrected chi connectivity index (χ2v) is 14.0. The van der Waals surface area contributed by atoms with E-state index in [2.05, 4.69) is 21.3 Å². The van der Waals surface area contributed by atoms with Gasteiger partial charge in [-0.3, -0.25) is 24.0 Å². The molecule has 0 radical (unpaired) electrons. The lowest BCUT2D eigenvalue weighted by Gasteiger charge is -2.30. The van der Waals surface area contributed by atoms with Gasteiger partial charge >= 0.3 is 0 Å². The highest BCUT2D eigenvalue weighted by molar-refractivity contribution is 5.99. The van der Waals surface area contributed by atoms with Crippen LogP contribution in [0.4, 0.5) is 0 Å². The number of carbonyl (C=O) groups excluding carboxylic acids is 5. The van der Waals surface area contributed by atoms with Crippen LogP contribution in [0.25, 0.3) is 11.1 Å². The number of nitrogens with zero attached hydrogens (tertiary/aromatic N) is 2. The fourth-order valence-corrected chi connectivity index (χ4v) is 6.79. The number of benzene rings is 3. The first-order valence-electron chi connectivity index (χ1n) is 18.8. The van der Waals surface area contributed by atoms with Crippen LogP contribution in [0.15, 0.2) is 54.6 Å². The van der Waals surface area contributed by atoms with E-state index in [4.69, 9.17) is 26.2 Å². The van der Waals surface area contributed by atoms with Gasteiger partial charge in [0, 0.05) is 43.2 Å². The van der Waals surface area contributed by atoms with Crippen LogP contribution in [0, 0.1) is 18.3 Å². The molecule has 8 N–H and O–H groups in total. The molecule has 0 unspecified atom stereocenters. The quantitative estimate of drug-likeness (QED) is 0.138. The first kappa shape index (κ1) is 41.2. The number of fused-ring (bicyclic) bond motifs is 5. The van der Waals surface area contributed by atoms with E-state index in [-0.39, 0.29) is 39.3 Å². The Morgan fingerprint density at radius 1 is 0.893 bits per heavy atom. The first-order valence-corrected chi connectivity index (χ1v) is 18.8. The normalized spacial score (nSPS) is 18.2. The Hall–Kier alpha value is -5.98. The Morgan fingerprint density at radius 3 is 2.18 bits per heavy atom. The van der Waals surface area contributed by atoms with Crippen LogP contribution in [0.1, 0.15) is 70.8 Å². The Morgan fingerprint density at radius 2 is 1.55 bits per heavy atom. The topological polar surface area (TPSA) is 231 Å². The van der Waals surface area contributed by atoms with Crippen molar-refractivity contribution in [1.82, 2.24) is 26.2 Å². The molecule has 1 heterocycles. The summed E-state index contributed by atoms with van der Waals surface area (Å²) in [5.41, 5.74) is 16.1. The van der Waals surface area contributed by atoms with E-state index in [1.54, 1.807) is 42.5 Å². The average Bonchev–Trinajstić information content (AvgIpc) is 3.16. The van der Waals surface area contributed by atoms with Crippen molar-refractivity contribution in [1.29, 1.82) is 5.26 Å². The molecule has 1 fully saturated rings. The van der Waals surface area contributed by atoms with Crippen LogP contribution >= 0.6 is 0 Å². The molecule has 3 aromatic rings. The molecular formula is C41H50N8O7. The number of rotatable bonds is 13. The van der Waals surface area contributed by atoms with Crippen LogP contribution in [0.3, 0.4) is 0 Å². The first-order chi connectivity index (χ1) is 26.9. The van der Waals surface area contributed by atoms with Crippen LogP contribution in [0.5, 0.6) is 11.5 Å². The smallest absolute Gasteiger partial charge is 0.251 e. The molecule has 5 rings (SSSR count). The van der Waals surface area contributed by atoms with E-state index in [1.807, 2.05) is 25.1 Å². The summed E-state index contributed by atoms with van der Waals surface area (Å²) in [5.74, 6) is -1.62. The lowest BCUT2D eigenvalue weighted by atomic mass is 9.79. The van der Waals surface area contributed by atoms with Crippen molar-refractivity contribution in [2.75, 3.05) is 46.4 Å². The number of nitriles is 1. The zero-order valence-corrected chi connectivity index (χ0v) is 32.0. The van der Waals surface area contributed by atoms with Gasteiger partial charge in [0.2, 0.25) is 23.6 Å². The monoisotopic (exact) mass is 766 g/mol. The molecule has 15 heteroatoms. The lowest BCUT2D eigenvalue weighted by molar-refractivity contribution is -0.139. The molecule has 0 spiro atoms. The van der Waals surface area contributed by atoms with Crippen molar-refractivity contribution in [2.45, 2.75) is 63.6 Å². The number of hydrogen-bond acceptors (Lipinski definition) is 10. The van der Waals surface area contributed by atoms with Gasteiger partial charge < -0.3 is 47.1 Å². The van der Waals surface area contributed by atoms with Gasteiger partial charge in [0.15, 0.2) is 0 Å². The number of amides is 5. The molecule has 2 aliphatic rings. The number of nitrogens with one attached hydrogen (secondary N) is 4. The van der Waals surface area contributed by atoms with Crippen molar-refractivity contribution < 1.29 is 33.4 Å². The number of aryl methyl sites for hydroxylation is 1. The largest absolute Gasteiger partial charge is 0.492 e. The predicted octanol–water partition coefficient (Wildman–Crippen LogP) is 1.72. The molecule has 296 valence electrons. The second-order valence-electron chi connectivity index (χ2n) is 14.0. The highest BCUT2D eigenvalue weighted by Crippen LogP contribution is 2.40. The second kappa shape index (κ2) is 19.1. The molecule has 5 amide bonds. The zero-order valence-electron chi connectivity index (χ0n) is 32.0. The SMILES string of the molecule is Cc1cc(C2CCC2)ccc1C(=O)NCC(=O)N(C)[C@@H]1C(=O)N[C@@H](C)C(=O)N[C@H](C(=O)NCC#N)Cc2ccc(OCCN)c(c2)-c2cc1ccc2OCCN. The Kier molecular flexibility index (Phi) is 14.0. The average molecular weight is 767 g/mol. The molecule has 0 aromatic heterocycles. The summed E-state index contributed by atoms with van der Waals surface area (Å²) in [5, 5.41) is 19.7. The van der Waals surface area contributed by atoms with E-state index in [0.29, 0.717) is 45.2 Å². The summed E-state index contributed by atoms with van der Waals surface area (Å²) >= 11 is 0. The molecule has 0 saturated heterocycles. The van der Waals surface area contributed by atoms with Crippen molar-refractivity contribution in [3.63, 3.8) is 0 Å². The van der Waals surface area contributed by atoms with Gasteiger partial charge in [-0.25, -0.2) is 0 Å². The third-order valence-electron chi connectivity index (χ3n) is 10.1. The number of carbonyl (C=O) groups is 5. The minimum absolute atomic E-state index is 0.0300. The van der Waals surface area contributed by atoms with E-state index in [1.165, 1.54) is 30.9 Å². The van der Waals surface area contributed by atoms with Crippen LogP contribution in [-0.2, 0) is 25.6 Å². The Labute approximate surface area is 326 Å². The van der Waals surface area contributed by atoms with Crippen LogP contribution in [-0.4, -0.2) is 93.0 Å². The molecule has 1 aliphatic carbocycles. The summed E-state index contributed by atoms with van der Waals surface area (Å²) in [7, 11) is 1.44. The summed E-state index contributed by atoms with van der Waals surface area (Å²) in [6, 6.07) is 14.3. The third-order valence-corrected chi connectivity index (χ3v) is 10.1. The molecule has 4 bridgehead atoms. The molecule has 1 aliphatic heterocycles. The van der Waals surface area contributed by atoms with Crippen molar-refractivity contribution in [2.24, 2.45) is 11.5 Å². The zero-order chi connectivity index (χ0) is 40.4. The predicted molar refractivity (Wildman–Crippen MR) is 208 cm³/mol. The van der Waals surface area contributed by atoms with Gasteiger partial charge in [-0.05, 0) is 85.2 Å². The van der Waals surface area contributed by atoms with Crippen molar-refractivity contribution in [3.05, 3.63) is 82.4 Å². The maximum absolute atomic E-state index is 14.2. The highest BCUT2D eigenvalue weighted by atomic mass is 16.5. The minimum atomic E-state index is -1.30. The van der Waals surface area contributed by atoms with Gasteiger partial charge in [-0.1, -0.05) is 30.7 Å². The third kappa shape index (κ3) is 9.81. The number of hydrogen-bond donors (Lipinski definition) is 6. The number of ether oxygens (including phenoxy) is 2. The van der Waals surface area contributed by atoms with Gasteiger partial charge in [0.1, 0.15) is 49.4 Å². The minimum Gasteiger partial charge on any atom is -0.492 e. The van der Waals surface area contributed by atoms with Gasteiger partial charge in [0.25, 0.3) is 5.91 Å². The molecule has 56 heavy (non-hydrogen) atoms. The van der Waals surface area contributed by atoms with Crippen LogP contribution < -0.4 is 42.2 Å². The number of nitrogens with two attached hydrogens (primary N) is 2. The molecular weight excluding hydrogens is 716 g/mol. The Balaban J connectivity index is 1.53. The molecule has 15 nitrogen and oxygen atoms in total. The lowest BCUT2D eigenvalue weighted by Crippen LogP contribution is -2.55. The maximum atomic E-state index is 14.2. The van der Waals surface area contributed by atoms with Crippen LogP contribution in [0.2, 0.25) is 0 Å². The fourth-order valence-electron chi connectivity index (χ4n) is 6.79. The van der Waals surface area contributed by atoms with Crippen molar-refractivity contribution in [3.8, 4) is 28.7 Å². The number of likely N-dealkylation sites (N-methyl/N-ethyl adjacent to an activating group) is 1. The molecule has 1 saturated carbocycles.